The van der Waals surface area contributed by atoms with Crippen LogP contribution in [0.5, 0.6) is 5.75 Å². The van der Waals surface area contributed by atoms with Gasteiger partial charge < -0.3 is 14.8 Å². The van der Waals surface area contributed by atoms with Crippen LogP contribution in [0, 0.1) is 11.3 Å². The zero-order valence-electron chi connectivity index (χ0n) is 11.3. The van der Waals surface area contributed by atoms with Gasteiger partial charge in [-0.3, -0.25) is 0 Å². The molecule has 0 spiro atoms. The lowest BCUT2D eigenvalue weighted by Gasteiger charge is -2.23. The van der Waals surface area contributed by atoms with Gasteiger partial charge in [0.1, 0.15) is 11.8 Å². The fraction of sp³-hybridized carbons (Fsp3) is 0.533. The van der Waals surface area contributed by atoms with Crippen molar-refractivity contribution in [2.75, 3.05) is 19.8 Å². The lowest BCUT2D eigenvalue weighted by molar-refractivity contribution is 0.0207. The number of ether oxygens (including phenoxy) is 2. The summed E-state index contributed by atoms with van der Waals surface area (Å²) in [6.45, 7) is 4.75. The summed E-state index contributed by atoms with van der Waals surface area (Å²) in [6.07, 6.45) is 2.26. The van der Waals surface area contributed by atoms with Crippen LogP contribution in [0.3, 0.4) is 0 Å². The van der Waals surface area contributed by atoms with Crippen molar-refractivity contribution < 1.29 is 9.47 Å². The SMILES string of the molecule is CC1(CNCc2cccc(OCC#N)c2)CCCO1. The van der Waals surface area contributed by atoms with Crippen molar-refractivity contribution in [2.45, 2.75) is 31.9 Å². The second-order valence-electron chi connectivity index (χ2n) is 5.10. The van der Waals surface area contributed by atoms with Crippen molar-refractivity contribution in [1.82, 2.24) is 5.32 Å². The molecule has 1 aliphatic heterocycles. The number of nitrogens with one attached hydrogen (secondary N) is 1. The van der Waals surface area contributed by atoms with E-state index >= 15 is 0 Å². The first kappa shape index (κ1) is 13.9. The van der Waals surface area contributed by atoms with E-state index in [0.717, 1.165) is 43.9 Å². The van der Waals surface area contributed by atoms with E-state index < -0.39 is 0 Å². The Morgan fingerprint density at radius 1 is 1.53 bits per heavy atom. The Bertz CT molecular complexity index is 448. The van der Waals surface area contributed by atoms with E-state index in [0.29, 0.717) is 0 Å². The van der Waals surface area contributed by atoms with Crippen LogP contribution in [0.15, 0.2) is 24.3 Å². The Morgan fingerprint density at radius 3 is 3.16 bits per heavy atom. The van der Waals surface area contributed by atoms with Gasteiger partial charge in [-0.1, -0.05) is 12.1 Å². The Balaban J connectivity index is 1.80. The lowest BCUT2D eigenvalue weighted by atomic mass is 10.0. The summed E-state index contributed by atoms with van der Waals surface area (Å²) < 4.78 is 11.0. The number of hydrogen-bond acceptors (Lipinski definition) is 4. The van der Waals surface area contributed by atoms with Gasteiger partial charge in [0.2, 0.25) is 0 Å². The second-order valence-corrected chi connectivity index (χ2v) is 5.10. The Morgan fingerprint density at radius 2 is 2.42 bits per heavy atom. The molecule has 4 nitrogen and oxygen atoms in total. The van der Waals surface area contributed by atoms with Crippen LogP contribution in [-0.4, -0.2) is 25.4 Å². The third-order valence-electron chi connectivity index (χ3n) is 3.33. The molecule has 1 aliphatic rings. The number of nitriles is 1. The molecule has 1 heterocycles. The normalized spacial score (nSPS) is 22.1. The second kappa shape index (κ2) is 6.55. The molecule has 1 aromatic carbocycles. The van der Waals surface area contributed by atoms with E-state index in [1.54, 1.807) is 0 Å². The van der Waals surface area contributed by atoms with Crippen molar-refractivity contribution in [1.29, 1.82) is 5.26 Å². The summed E-state index contributed by atoms with van der Waals surface area (Å²) in [5.41, 5.74) is 1.13. The molecule has 0 amide bonds. The zero-order valence-corrected chi connectivity index (χ0v) is 11.3. The molecule has 19 heavy (non-hydrogen) atoms. The predicted octanol–water partition coefficient (Wildman–Crippen LogP) is 2.25. The van der Waals surface area contributed by atoms with E-state index in [1.165, 1.54) is 0 Å². The number of nitrogens with zero attached hydrogens (tertiary/aromatic N) is 1. The maximum atomic E-state index is 8.49. The van der Waals surface area contributed by atoms with Gasteiger partial charge in [0, 0.05) is 19.7 Å². The summed E-state index contributed by atoms with van der Waals surface area (Å²) >= 11 is 0. The fourth-order valence-electron chi connectivity index (χ4n) is 2.31. The van der Waals surface area contributed by atoms with Crippen LogP contribution in [0.1, 0.15) is 25.3 Å². The Labute approximate surface area is 114 Å². The highest BCUT2D eigenvalue weighted by Gasteiger charge is 2.28. The summed E-state index contributed by atoms with van der Waals surface area (Å²) in [4.78, 5) is 0. The first-order chi connectivity index (χ1) is 9.22. The maximum absolute atomic E-state index is 8.49. The van der Waals surface area contributed by atoms with Crippen molar-refractivity contribution in [3.8, 4) is 11.8 Å². The van der Waals surface area contributed by atoms with Gasteiger partial charge in [0.25, 0.3) is 0 Å². The number of rotatable bonds is 6. The quantitative estimate of drug-likeness (QED) is 0.852. The first-order valence-corrected chi connectivity index (χ1v) is 6.65. The smallest absolute Gasteiger partial charge is 0.174 e. The molecule has 1 saturated heterocycles. The van der Waals surface area contributed by atoms with E-state index in [9.17, 15) is 0 Å². The molecule has 0 bridgehead atoms. The van der Waals surface area contributed by atoms with Crippen LogP contribution in [0.25, 0.3) is 0 Å². The zero-order chi connectivity index (χ0) is 13.6. The molecule has 1 atom stereocenters. The molecular formula is C15H20N2O2. The average molecular weight is 260 g/mol. The van der Waals surface area contributed by atoms with Crippen molar-refractivity contribution in [2.24, 2.45) is 0 Å². The number of benzene rings is 1. The van der Waals surface area contributed by atoms with Gasteiger partial charge in [-0.2, -0.15) is 5.26 Å². The third-order valence-corrected chi connectivity index (χ3v) is 3.33. The molecule has 4 heteroatoms. The third kappa shape index (κ3) is 4.23. The molecule has 1 N–H and O–H groups in total. The molecular weight excluding hydrogens is 240 g/mol. The lowest BCUT2D eigenvalue weighted by Crippen LogP contribution is -2.36. The molecule has 2 rings (SSSR count). The minimum absolute atomic E-state index is 0.0189. The summed E-state index contributed by atoms with van der Waals surface area (Å²) in [7, 11) is 0. The Kier molecular flexibility index (Phi) is 4.78. The molecule has 0 radical (unpaired) electrons. The highest BCUT2D eigenvalue weighted by molar-refractivity contribution is 5.28. The minimum atomic E-state index is -0.0189. The highest BCUT2D eigenvalue weighted by Crippen LogP contribution is 2.24. The standard InChI is InChI=1S/C15H20N2O2/c1-15(6-3-8-19-15)12-17-11-13-4-2-5-14(10-13)18-9-7-16/h2,4-5,10,17H,3,6,8-9,11-12H2,1H3. The molecule has 0 aliphatic carbocycles. The van der Waals surface area contributed by atoms with E-state index in [4.69, 9.17) is 14.7 Å². The molecule has 0 aromatic heterocycles. The molecule has 1 fully saturated rings. The maximum Gasteiger partial charge on any atom is 0.174 e. The van der Waals surface area contributed by atoms with Crippen LogP contribution in [-0.2, 0) is 11.3 Å². The molecule has 1 unspecified atom stereocenters. The topological polar surface area (TPSA) is 54.3 Å². The summed E-state index contributed by atoms with van der Waals surface area (Å²) in [5, 5.41) is 11.9. The van der Waals surface area contributed by atoms with Crippen LogP contribution in [0.4, 0.5) is 0 Å². The van der Waals surface area contributed by atoms with Crippen molar-refractivity contribution >= 4 is 0 Å². The van der Waals surface area contributed by atoms with Crippen LogP contribution < -0.4 is 10.1 Å². The first-order valence-electron chi connectivity index (χ1n) is 6.65. The van der Waals surface area contributed by atoms with Crippen molar-refractivity contribution in [3.63, 3.8) is 0 Å². The van der Waals surface area contributed by atoms with Gasteiger partial charge in [-0.15, -0.1) is 0 Å². The van der Waals surface area contributed by atoms with E-state index in [2.05, 4.69) is 12.2 Å². The monoisotopic (exact) mass is 260 g/mol. The summed E-state index contributed by atoms with van der Waals surface area (Å²) in [5.74, 6) is 0.740. The average Bonchev–Trinajstić information content (AvgIpc) is 2.84. The molecule has 1 aromatic rings. The van der Waals surface area contributed by atoms with Crippen LogP contribution >= 0.6 is 0 Å². The van der Waals surface area contributed by atoms with Gasteiger partial charge in [-0.05, 0) is 37.5 Å². The van der Waals surface area contributed by atoms with Gasteiger partial charge in [-0.25, -0.2) is 0 Å². The van der Waals surface area contributed by atoms with Gasteiger partial charge in [0.05, 0.1) is 5.60 Å². The van der Waals surface area contributed by atoms with Crippen LogP contribution in [0.2, 0.25) is 0 Å². The van der Waals surface area contributed by atoms with Gasteiger partial charge in [0.15, 0.2) is 6.61 Å². The van der Waals surface area contributed by atoms with E-state index in [-0.39, 0.29) is 12.2 Å². The fourth-order valence-corrected chi connectivity index (χ4v) is 2.31. The van der Waals surface area contributed by atoms with Crippen molar-refractivity contribution in [3.05, 3.63) is 29.8 Å². The molecule has 0 saturated carbocycles. The summed E-state index contributed by atoms with van der Waals surface area (Å²) in [6, 6.07) is 9.78. The largest absolute Gasteiger partial charge is 0.479 e. The van der Waals surface area contributed by atoms with Gasteiger partial charge >= 0.3 is 0 Å². The number of hydrogen-bond donors (Lipinski definition) is 1. The van der Waals surface area contributed by atoms with E-state index in [1.807, 2.05) is 30.3 Å². The Hall–Kier alpha value is -1.57. The highest BCUT2D eigenvalue weighted by atomic mass is 16.5. The predicted molar refractivity (Wildman–Crippen MR) is 72.8 cm³/mol. The minimum Gasteiger partial charge on any atom is -0.479 e. The molecule has 102 valence electrons.